The number of nitrogens with zero attached hydrogens (tertiary/aromatic N) is 3. The Bertz CT molecular complexity index is 637. The van der Waals surface area contributed by atoms with Crippen LogP contribution in [-0.2, 0) is 10.2 Å². The molecule has 0 amide bonds. The SMILES string of the molecule is Cc1cccc(C2CCCN2S(=O)(=O)N(C)CCC#N)c1. The van der Waals surface area contributed by atoms with Gasteiger partial charge in [0.15, 0.2) is 0 Å². The van der Waals surface area contributed by atoms with Crippen LogP contribution < -0.4 is 0 Å². The normalized spacial score (nSPS) is 19.8. The summed E-state index contributed by atoms with van der Waals surface area (Å²) in [4.78, 5) is 0. The van der Waals surface area contributed by atoms with E-state index in [2.05, 4.69) is 0 Å². The molecule has 0 radical (unpaired) electrons. The maximum Gasteiger partial charge on any atom is 0.282 e. The maximum atomic E-state index is 12.6. The molecule has 5 nitrogen and oxygen atoms in total. The van der Waals surface area contributed by atoms with Gasteiger partial charge in [-0.15, -0.1) is 0 Å². The molecule has 1 fully saturated rings. The Morgan fingerprint density at radius 1 is 1.48 bits per heavy atom. The van der Waals surface area contributed by atoms with Gasteiger partial charge in [-0.3, -0.25) is 0 Å². The quantitative estimate of drug-likeness (QED) is 0.838. The lowest BCUT2D eigenvalue weighted by Gasteiger charge is -2.28. The van der Waals surface area contributed by atoms with E-state index < -0.39 is 10.2 Å². The average Bonchev–Trinajstić information content (AvgIpc) is 2.94. The Hall–Kier alpha value is -1.42. The summed E-state index contributed by atoms with van der Waals surface area (Å²) in [6.07, 6.45) is 1.91. The van der Waals surface area contributed by atoms with Crippen LogP contribution in [0.25, 0.3) is 0 Å². The van der Waals surface area contributed by atoms with Crippen molar-refractivity contribution in [2.24, 2.45) is 0 Å². The zero-order chi connectivity index (χ0) is 15.5. The van der Waals surface area contributed by atoms with Crippen LogP contribution in [0.2, 0.25) is 0 Å². The van der Waals surface area contributed by atoms with Gasteiger partial charge in [0.1, 0.15) is 0 Å². The third-order valence-corrected chi connectivity index (χ3v) is 5.86. The van der Waals surface area contributed by atoms with Crippen molar-refractivity contribution in [1.82, 2.24) is 8.61 Å². The van der Waals surface area contributed by atoms with Gasteiger partial charge in [-0.05, 0) is 25.3 Å². The highest BCUT2D eigenvalue weighted by Gasteiger charge is 2.37. The first-order chi connectivity index (χ1) is 9.96. The van der Waals surface area contributed by atoms with E-state index in [1.165, 1.54) is 11.4 Å². The molecule has 1 atom stereocenters. The molecule has 1 heterocycles. The summed E-state index contributed by atoms with van der Waals surface area (Å²) in [5, 5.41) is 8.62. The molecule has 6 heteroatoms. The molecule has 0 N–H and O–H groups in total. The monoisotopic (exact) mass is 307 g/mol. The van der Waals surface area contributed by atoms with Gasteiger partial charge in [-0.2, -0.15) is 22.3 Å². The Balaban J connectivity index is 2.24. The highest BCUT2D eigenvalue weighted by molar-refractivity contribution is 7.86. The highest BCUT2D eigenvalue weighted by atomic mass is 32.2. The van der Waals surface area contributed by atoms with Gasteiger partial charge >= 0.3 is 0 Å². The first kappa shape index (κ1) is 16.0. The second-order valence-corrected chi connectivity index (χ2v) is 7.41. The molecule has 0 aliphatic carbocycles. The van der Waals surface area contributed by atoms with Crippen molar-refractivity contribution < 1.29 is 8.42 Å². The van der Waals surface area contributed by atoms with Gasteiger partial charge in [-0.25, -0.2) is 0 Å². The fourth-order valence-corrected chi connectivity index (χ4v) is 4.32. The van der Waals surface area contributed by atoms with E-state index in [0.29, 0.717) is 6.54 Å². The first-order valence-electron chi connectivity index (χ1n) is 7.13. The number of rotatable bonds is 5. The topological polar surface area (TPSA) is 64.4 Å². The molecule has 0 aromatic heterocycles. The molecule has 21 heavy (non-hydrogen) atoms. The van der Waals surface area contributed by atoms with Gasteiger partial charge in [0.25, 0.3) is 10.2 Å². The lowest BCUT2D eigenvalue weighted by molar-refractivity contribution is 0.349. The molecule has 0 bridgehead atoms. The van der Waals surface area contributed by atoms with Crippen molar-refractivity contribution in [3.8, 4) is 6.07 Å². The molecule has 0 saturated carbocycles. The fraction of sp³-hybridized carbons (Fsp3) is 0.533. The summed E-state index contributed by atoms with van der Waals surface area (Å²) >= 11 is 0. The van der Waals surface area contributed by atoms with Crippen LogP contribution in [0.1, 0.15) is 36.4 Å². The van der Waals surface area contributed by atoms with Crippen LogP contribution in [0.15, 0.2) is 24.3 Å². The lowest BCUT2D eigenvalue weighted by atomic mass is 10.0. The average molecular weight is 307 g/mol. The van der Waals surface area contributed by atoms with Crippen molar-refractivity contribution in [2.45, 2.75) is 32.2 Å². The van der Waals surface area contributed by atoms with Crippen LogP contribution in [0.4, 0.5) is 0 Å². The number of hydrogen-bond donors (Lipinski definition) is 0. The van der Waals surface area contributed by atoms with Crippen LogP contribution >= 0.6 is 0 Å². The minimum Gasteiger partial charge on any atom is -0.198 e. The predicted octanol–water partition coefficient (Wildman–Crippen LogP) is 2.22. The minimum absolute atomic E-state index is 0.0977. The maximum absolute atomic E-state index is 12.6. The molecule has 114 valence electrons. The van der Waals surface area contributed by atoms with E-state index in [-0.39, 0.29) is 19.0 Å². The van der Waals surface area contributed by atoms with E-state index in [1.807, 2.05) is 37.3 Å². The molecular weight excluding hydrogens is 286 g/mol. The number of aryl methyl sites for hydroxylation is 1. The van der Waals surface area contributed by atoms with E-state index in [1.54, 1.807) is 4.31 Å². The third kappa shape index (κ3) is 3.43. The molecule has 1 saturated heterocycles. The Labute approximate surface area is 127 Å². The highest BCUT2D eigenvalue weighted by Crippen LogP contribution is 2.35. The Morgan fingerprint density at radius 3 is 2.90 bits per heavy atom. The Kier molecular flexibility index (Phi) is 4.99. The van der Waals surface area contributed by atoms with Crippen molar-refractivity contribution in [3.05, 3.63) is 35.4 Å². The minimum atomic E-state index is -3.51. The van der Waals surface area contributed by atoms with Crippen LogP contribution in [-0.4, -0.2) is 37.2 Å². The predicted molar refractivity (Wildman–Crippen MR) is 81.6 cm³/mol. The molecule has 1 unspecified atom stereocenters. The van der Waals surface area contributed by atoms with Crippen LogP contribution in [0.5, 0.6) is 0 Å². The summed E-state index contributed by atoms with van der Waals surface area (Å²) in [6, 6.07) is 9.90. The molecule has 1 aromatic rings. The summed E-state index contributed by atoms with van der Waals surface area (Å²) in [5.41, 5.74) is 2.18. The van der Waals surface area contributed by atoms with Gasteiger partial charge in [0.2, 0.25) is 0 Å². The molecule has 1 aliphatic heterocycles. The zero-order valence-electron chi connectivity index (χ0n) is 12.5. The second kappa shape index (κ2) is 6.56. The van der Waals surface area contributed by atoms with Gasteiger partial charge in [0, 0.05) is 26.6 Å². The molecule has 2 rings (SSSR count). The first-order valence-corrected chi connectivity index (χ1v) is 8.53. The second-order valence-electron chi connectivity index (χ2n) is 5.42. The van der Waals surface area contributed by atoms with E-state index in [4.69, 9.17) is 5.26 Å². The van der Waals surface area contributed by atoms with Gasteiger partial charge in [-0.1, -0.05) is 29.8 Å². The van der Waals surface area contributed by atoms with Crippen molar-refractivity contribution >= 4 is 10.2 Å². The summed E-state index contributed by atoms with van der Waals surface area (Å²) in [6.45, 7) is 2.78. The molecular formula is C15H21N3O2S. The zero-order valence-corrected chi connectivity index (χ0v) is 13.3. The number of nitriles is 1. The lowest BCUT2D eigenvalue weighted by Crippen LogP contribution is -2.41. The molecule has 1 aromatic carbocycles. The summed E-state index contributed by atoms with van der Waals surface area (Å²) < 4.78 is 28.2. The van der Waals surface area contributed by atoms with Crippen LogP contribution in [0.3, 0.4) is 0 Å². The van der Waals surface area contributed by atoms with Gasteiger partial charge < -0.3 is 0 Å². The smallest absolute Gasteiger partial charge is 0.198 e. The van der Waals surface area contributed by atoms with Gasteiger partial charge in [0.05, 0.1) is 12.1 Å². The number of benzene rings is 1. The van der Waals surface area contributed by atoms with E-state index >= 15 is 0 Å². The number of hydrogen-bond acceptors (Lipinski definition) is 3. The summed E-state index contributed by atoms with van der Waals surface area (Å²) in [7, 11) is -1.97. The fourth-order valence-electron chi connectivity index (χ4n) is 2.73. The standard InChI is InChI=1S/C15H21N3O2S/c1-13-6-3-7-14(12-13)15-8-4-11-18(15)21(19,20)17(2)10-5-9-16/h3,6-7,12,15H,4-5,8,10-11H2,1-2H3. The largest absolute Gasteiger partial charge is 0.282 e. The molecule has 1 aliphatic rings. The van der Waals surface area contributed by atoms with E-state index in [9.17, 15) is 8.42 Å². The van der Waals surface area contributed by atoms with Crippen molar-refractivity contribution in [3.63, 3.8) is 0 Å². The molecule has 0 spiro atoms. The summed E-state index contributed by atoms with van der Waals surface area (Å²) in [5.74, 6) is 0. The Morgan fingerprint density at radius 2 is 2.24 bits per heavy atom. The third-order valence-electron chi connectivity index (χ3n) is 3.86. The van der Waals surface area contributed by atoms with E-state index in [0.717, 1.165) is 24.0 Å². The van der Waals surface area contributed by atoms with Crippen molar-refractivity contribution in [1.29, 1.82) is 5.26 Å². The van der Waals surface area contributed by atoms with Crippen molar-refractivity contribution in [2.75, 3.05) is 20.1 Å². The van der Waals surface area contributed by atoms with Crippen LogP contribution in [0, 0.1) is 18.3 Å².